The normalized spacial score (nSPS) is 20.8. The fourth-order valence-corrected chi connectivity index (χ4v) is 2.03. The summed E-state index contributed by atoms with van der Waals surface area (Å²) in [7, 11) is -4.49. The number of ether oxygens (including phenoxy) is 1. The van der Waals surface area contributed by atoms with Gasteiger partial charge in [-0.25, -0.2) is 0 Å². The van der Waals surface area contributed by atoms with Crippen LogP contribution in [0.3, 0.4) is 0 Å². The van der Waals surface area contributed by atoms with Crippen LogP contribution < -0.4 is 0 Å². The van der Waals surface area contributed by atoms with Gasteiger partial charge in [0, 0.05) is 0 Å². The summed E-state index contributed by atoms with van der Waals surface area (Å²) in [6, 6.07) is 2.06. The molecule has 0 aromatic heterocycles. The molecule has 0 aromatic carbocycles. The van der Waals surface area contributed by atoms with Crippen LogP contribution in [0.1, 0.15) is 32.1 Å². The van der Waals surface area contributed by atoms with Gasteiger partial charge in [0.2, 0.25) is 0 Å². The fraction of sp³-hybridized carbons (Fsp3) is 0.889. The van der Waals surface area contributed by atoms with E-state index < -0.39 is 21.6 Å². The van der Waals surface area contributed by atoms with E-state index in [9.17, 15) is 12.3 Å². The standard InChI is InChI=1S/C9H14FNO3S/c10-15(12,13)7-6-14-9(8-11)4-2-1-3-5-9/h1-7H2. The highest BCUT2D eigenvalue weighted by Gasteiger charge is 2.33. The third-order valence-corrected chi connectivity index (χ3v) is 3.22. The van der Waals surface area contributed by atoms with E-state index in [1.54, 1.807) is 0 Å². The quantitative estimate of drug-likeness (QED) is 0.693. The van der Waals surface area contributed by atoms with Crippen LogP contribution in [-0.4, -0.2) is 26.4 Å². The lowest BCUT2D eigenvalue weighted by atomic mass is 9.86. The molecule has 0 radical (unpaired) electrons. The van der Waals surface area contributed by atoms with Gasteiger partial charge in [0.05, 0.1) is 12.7 Å². The second-order valence-corrected chi connectivity index (χ2v) is 5.24. The van der Waals surface area contributed by atoms with Crippen molar-refractivity contribution >= 4 is 10.2 Å². The summed E-state index contributed by atoms with van der Waals surface area (Å²) in [6.07, 6.45) is 4.08. The van der Waals surface area contributed by atoms with Gasteiger partial charge in [0.25, 0.3) is 0 Å². The van der Waals surface area contributed by atoms with E-state index in [1.165, 1.54) is 0 Å². The highest BCUT2D eigenvalue weighted by atomic mass is 32.3. The molecule has 0 N–H and O–H groups in total. The minimum absolute atomic E-state index is 0.244. The predicted octanol–water partition coefficient (Wildman–Crippen LogP) is 1.53. The predicted molar refractivity (Wildman–Crippen MR) is 52.3 cm³/mol. The van der Waals surface area contributed by atoms with Crippen LogP contribution in [0.2, 0.25) is 0 Å². The summed E-state index contributed by atoms with van der Waals surface area (Å²) in [5.41, 5.74) is -0.886. The zero-order valence-corrected chi connectivity index (χ0v) is 9.22. The van der Waals surface area contributed by atoms with Gasteiger partial charge in [0.1, 0.15) is 5.75 Å². The van der Waals surface area contributed by atoms with E-state index in [-0.39, 0.29) is 6.61 Å². The van der Waals surface area contributed by atoms with Crippen LogP contribution in [0, 0.1) is 11.3 Å². The zero-order valence-electron chi connectivity index (χ0n) is 8.41. The first-order chi connectivity index (χ1) is 6.97. The summed E-state index contributed by atoms with van der Waals surface area (Å²) in [4.78, 5) is 0. The molecule has 0 unspecified atom stereocenters. The van der Waals surface area contributed by atoms with Crippen molar-refractivity contribution in [1.29, 1.82) is 5.26 Å². The Morgan fingerprint density at radius 1 is 1.33 bits per heavy atom. The molecule has 0 bridgehead atoms. The smallest absolute Gasteiger partial charge is 0.304 e. The first-order valence-electron chi connectivity index (χ1n) is 4.95. The number of hydrogen-bond acceptors (Lipinski definition) is 4. The molecule has 1 aliphatic rings. The summed E-state index contributed by atoms with van der Waals surface area (Å²) in [6.45, 7) is -0.244. The highest BCUT2D eigenvalue weighted by Crippen LogP contribution is 2.30. The number of nitriles is 1. The monoisotopic (exact) mass is 235 g/mol. The van der Waals surface area contributed by atoms with E-state index in [0.29, 0.717) is 12.8 Å². The van der Waals surface area contributed by atoms with Crippen LogP contribution in [0.4, 0.5) is 3.89 Å². The lowest BCUT2D eigenvalue weighted by Crippen LogP contribution is -2.34. The van der Waals surface area contributed by atoms with E-state index in [0.717, 1.165) is 19.3 Å². The zero-order chi connectivity index (χ0) is 11.4. The van der Waals surface area contributed by atoms with Crippen LogP contribution in [-0.2, 0) is 15.0 Å². The summed E-state index contributed by atoms with van der Waals surface area (Å²) in [5, 5.41) is 8.95. The van der Waals surface area contributed by atoms with Crippen molar-refractivity contribution < 1.29 is 17.0 Å². The number of hydrogen-bond donors (Lipinski definition) is 0. The van der Waals surface area contributed by atoms with Gasteiger partial charge in [0.15, 0.2) is 5.60 Å². The fourth-order valence-electron chi connectivity index (χ4n) is 1.75. The Bertz CT molecular complexity index is 341. The maximum Gasteiger partial charge on any atom is 0.304 e. The molecule has 1 saturated carbocycles. The second-order valence-electron chi connectivity index (χ2n) is 3.76. The summed E-state index contributed by atoms with van der Waals surface area (Å²) < 4.78 is 37.9. The van der Waals surface area contributed by atoms with E-state index in [4.69, 9.17) is 10.00 Å². The minimum Gasteiger partial charge on any atom is -0.359 e. The van der Waals surface area contributed by atoms with Crippen LogP contribution in [0.5, 0.6) is 0 Å². The summed E-state index contributed by atoms with van der Waals surface area (Å²) in [5.74, 6) is -0.670. The Labute approximate surface area is 89.2 Å². The number of halogens is 1. The van der Waals surface area contributed by atoms with Gasteiger partial charge in [-0.2, -0.15) is 13.7 Å². The number of rotatable bonds is 4. The third-order valence-electron chi connectivity index (χ3n) is 2.57. The molecule has 0 saturated heterocycles. The average molecular weight is 235 g/mol. The largest absolute Gasteiger partial charge is 0.359 e. The highest BCUT2D eigenvalue weighted by molar-refractivity contribution is 7.86. The van der Waals surface area contributed by atoms with Crippen molar-refractivity contribution in [1.82, 2.24) is 0 Å². The Hall–Kier alpha value is -0.670. The Morgan fingerprint density at radius 2 is 1.93 bits per heavy atom. The molecule has 6 heteroatoms. The van der Waals surface area contributed by atoms with Crippen LogP contribution in [0.15, 0.2) is 0 Å². The van der Waals surface area contributed by atoms with Crippen molar-refractivity contribution in [3.05, 3.63) is 0 Å². The van der Waals surface area contributed by atoms with Gasteiger partial charge in [-0.05, 0) is 25.7 Å². The van der Waals surface area contributed by atoms with E-state index >= 15 is 0 Å². The Kier molecular flexibility index (Phi) is 4.05. The lowest BCUT2D eigenvalue weighted by molar-refractivity contribution is -0.0198. The van der Waals surface area contributed by atoms with Crippen molar-refractivity contribution in [2.75, 3.05) is 12.4 Å². The topological polar surface area (TPSA) is 67.2 Å². The Balaban J connectivity index is 2.44. The van der Waals surface area contributed by atoms with Gasteiger partial charge in [-0.15, -0.1) is 3.89 Å². The minimum atomic E-state index is -4.49. The SMILES string of the molecule is N#CC1(OCCS(=O)(=O)F)CCCCC1. The maximum atomic E-state index is 12.2. The maximum absolute atomic E-state index is 12.2. The average Bonchev–Trinajstić information content (AvgIpc) is 2.17. The van der Waals surface area contributed by atoms with E-state index in [2.05, 4.69) is 6.07 Å². The summed E-state index contributed by atoms with van der Waals surface area (Å²) >= 11 is 0. The molecule has 86 valence electrons. The molecule has 1 fully saturated rings. The molecule has 0 atom stereocenters. The molecule has 1 rings (SSSR count). The van der Waals surface area contributed by atoms with Gasteiger partial charge >= 0.3 is 10.2 Å². The van der Waals surface area contributed by atoms with Gasteiger partial charge in [-0.3, -0.25) is 0 Å². The van der Waals surface area contributed by atoms with Crippen LogP contribution >= 0.6 is 0 Å². The number of nitrogens with zero attached hydrogens (tertiary/aromatic N) is 1. The molecule has 0 spiro atoms. The van der Waals surface area contributed by atoms with E-state index in [1.807, 2.05) is 0 Å². The molecule has 0 heterocycles. The molecule has 15 heavy (non-hydrogen) atoms. The van der Waals surface area contributed by atoms with Crippen molar-refractivity contribution in [3.8, 4) is 6.07 Å². The first kappa shape index (κ1) is 12.4. The van der Waals surface area contributed by atoms with Crippen molar-refractivity contribution in [2.24, 2.45) is 0 Å². The molecular formula is C9H14FNO3S. The molecule has 1 aliphatic carbocycles. The lowest BCUT2D eigenvalue weighted by Gasteiger charge is -2.30. The molecular weight excluding hydrogens is 221 g/mol. The molecule has 4 nitrogen and oxygen atoms in total. The van der Waals surface area contributed by atoms with Crippen LogP contribution in [0.25, 0.3) is 0 Å². The van der Waals surface area contributed by atoms with Gasteiger partial charge in [-0.1, -0.05) is 6.42 Å². The van der Waals surface area contributed by atoms with Gasteiger partial charge < -0.3 is 4.74 Å². The third kappa shape index (κ3) is 4.14. The van der Waals surface area contributed by atoms with Crippen molar-refractivity contribution in [2.45, 2.75) is 37.7 Å². The molecule has 0 aromatic rings. The Morgan fingerprint density at radius 3 is 2.40 bits per heavy atom. The molecule has 0 aliphatic heterocycles. The second kappa shape index (κ2) is 4.90. The first-order valence-corrected chi connectivity index (χ1v) is 6.50. The van der Waals surface area contributed by atoms with Crippen molar-refractivity contribution in [3.63, 3.8) is 0 Å². The molecule has 0 amide bonds.